The second-order valence-corrected chi connectivity index (χ2v) is 3.95. The van der Waals surface area contributed by atoms with Gasteiger partial charge in [-0.3, -0.25) is 4.40 Å². The van der Waals surface area contributed by atoms with E-state index in [0.717, 1.165) is 15.8 Å². The topological polar surface area (TPSA) is 43.6 Å². The first-order valence-electron chi connectivity index (χ1n) is 4.36. The van der Waals surface area contributed by atoms with Crippen LogP contribution in [0.2, 0.25) is 0 Å². The minimum absolute atomic E-state index is 0.385. The smallest absolute Gasteiger partial charge is 0.356 e. The molecule has 0 aliphatic carbocycles. The molecule has 78 valence electrons. The molecule has 15 heavy (non-hydrogen) atoms. The van der Waals surface area contributed by atoms with Gasteiger partial charge < -0.3 is 4.74 Å². The van der Waals surface area contributed by atoms with Gasteiger partial charge in [0.1, 0.15) is 5.65 Å². The number of hydrogen-bond acceptors (Lipinski definition) is 3. The summed E-state index contributed by atoms with van der Waals surface area (Å²) in [5, 5.41) is 0. The van der Waals surface area contributed by atoms with Crippen molar-refractivity contribution in [3.63, 3.8) is 0 Å². The van der Waals surface area contributed by atoms with Crippen molar-refractivity contribution in [2.24, 2.45) is 0 Å². The highest BCUT2D eigenvalue weighted by Crippen LogP contribution is 2.19. The molecule has 2 aromatic rings. The van der Waals surface area contributed by atoms with Crippen molar-refractivity contribution in [2.45, 2.75) is 6.92 Å². The zero-order chi connectivity index (χ0) is 11.0. The quantitative estimate of drug-likeness (QED) is 0.745. The molecule has 0 radical (unpaired) electrons. The maximum Gasteiger partial charge on any atom is 0.356 e. The van der Waals surface area contributed by atoms with Crippen LogP contribution in [-0.4, -0.2) is 22.5 Å². The Hall–Kier alpha value is -1.36. The lowest BCUT2D eigenvalue weighted by molar-refractivity contribution is 0.0592. The molecule has 0 aromatic carbocycles. The number of esters is 1. The number of carbonyl (C=O) groups excluding carboxylic acids is 1. The summed E-state index contributed by atoms with van der Waals surface area (Å²) < 4.78 is 7.37. The average molecular weight is 269 g/mol. The van der Waals surface area contributed by atoms with Crippen LogP contribution in [0.15, 0.2) is 22.8 Å². The molecule has 0 saturated heterocycles. The maximum atomic E-state index is 11.5. The lowest BCUT2D eigenvalue weighted by Gasteiger charge is -2.05. The average Bonchev–Trinajstić information content (AvgIpc) is 2.67. The number of methoxy groups -OCH3 is 1. The molecule has 0 N–H and O–H groups in total. The van der Waals surface area contributed by atoms with E-state index in [1.807, 2.05) is 19.1 Å². The molecule has 5 heteroatoms. The van der Waals surface area contributed by atoms with E-state index in [-0.39, 0.29) is 5.97 Å². The van der Waals surface area contributed by atoms with E-state index in [9.17, 15) is 4.79 Å². The highest BCUT2D eigenvalue weighted by Gasteiger charge is 2.14. The van der Waals surface area contributed by atoms with E-state index in [1.54, 1.807) is 4.40 Å². The molecule has 0 aliphatic rings. The van der Waals surface area contributed by atoms with Gasteiger partial charge in [0.15, 0.2) is 5.69 Å². The fourth-order valence-corrected chi connectivity index (χ4v) is 1.77. The van der Waals surface area contributed by atoms with Crippen molar-refractivity contribution in [2.75, 3.05) is 7.11 Å². The van der Waals surface area contributed by atoms with Crippen LogP contribution in [-0.2, 0) is 4.74 Å². The van der Waals surface area contributed by atoms with Crippen LogP contribution < -0.4 is 0 Å². The maximum absolute atomic E-state index is 11.5. The van der Waals surface area contributed by atoms with Crippen LogP contribution in [0.3, 0.4) is 0 Å². The molecule has 0 atom stereocenters. The summed E-state index contributed by atoms with van der Waals surface area (Å²) >= 11 is 3.41. The Labute approximate surface area is 95.0 Å². The molecule has 0 amide bonds. The third-order valence-electron chi connectivity index (χ3n) is 2.24. The largest absolute Gasteiger partial charge is 0.464 e. The van der Waals surface area contributed by atoms with Gasteiger partial charge in [0.05, 0.1) is 13.3 Å². The lowest BCUT2D eigenvalue weighted by Crippen LogP contribution is -2.07. The van der Waals surface area contributed by atoms with Crippen molar-refractivity contribution in [1.82, 2.24) is 9.38 Å². The van der Waals surface area contributed by atoms with Gasteiger partial charge in [-0.05, 0) is 35.0 Å². The van der Waals surface area contributed by atoms with Gasteiger partial charge in [-0.1, -0.05) is 0 Å². The lowest BCUT2D eigenvalue weighted by atomic mass is 10.3. The molecule has 0 aliphatic heterocycles. The molecule has 2 aromatic heterocycles. The second-order valence-electron chi connectivity index (χ2n) is 3.10. The van der Waals surface area contributed by atoms with E-state index in [4.69, 9.17) is 0 Å². The number of halogens is 1. The Morgan fingerprint density at radius 3 is 2.93 bits per heavy atom. The van der Waals surface area contributed by atoms with Crippen molar-refractivity contribution in [1.29, 1.82) is 0 Å². The molecule has 0 saturated carbocycles. The van der Waals surface area contributed by atoms with E-state index in [0.29, 0.717) is 5.69 Å². The van der Waals surface area contributed by atoms with Crippen LogP contribution in [0, 0.1) is 6.92 Å². The number of fused-ring (bicyclic) bond motifs is 1. The fraction of sp³-hybridized carbons (Fsp3) is 0.200. The van der Waals surface area contributed by atoms with Crippen LogP contribution in [0.1, 0.15) is 16.2 Å². The van der Waals surface area contributed by atoms with Crippen LogP contribution in [0.5, 0.6) is 0 Å². The predicted molar refractivity (Wildman–Crippen MR) is 59.0 cm³/mol. The molecule has 4 nitrogen and oxygen atoms in total. The third kappa shape index (κ3) is 1.52. The summed E-state index contributed by atoms with van der Waals surface area (Å²) in [6, 6.07) is 3.74. The van der Waals surface area contributed by atoms with E-state index in [2.05, 4.69) is 25.7 Å². The van der Waals surface area contributed by atoms with Crippen LogP contribution >= 0.6 is 15.9 Å². The Morgan fingerprint density at radius 1 is 1.53 bits per heavy atom. The first-order valence-corrected chi connectivity index (χ1v) is 5.15. The summed E-state index contributed by atoms with van der Waals surface area (Å²) in [6.45, 7) is 1.91. The van der Waals surface area contributed by atoms with Crippen molar-refractivity contribution in [3.8, 4) is 0 Å². The molecular formula is C10H9BrN2O2. The van der Waals surface area contributed by atoms with Gasteiger partial charge in [0.2, 0.25) is 0 Å². The number of pyridine rings is 1. The molecular weight excluding hydrogens is 260 g/mol. The summed E-state index contributed by atoms with van der Waals surface area (Å²) in [7, 11) is 1.36. The van der Waals surface area contributed by atoms with Crippen LogP contribution in [0.25, 0.3) is 5.65 Å². The number of aromatic nitrogens is 2. The summed E-state index contributed by atoms with van der Waals surface area (Å²) in [6.07, 6.45) is 1.51. The Balaban J connectivity index is 2.77. The summed E-state index contributed by atoms with van der Waals surface area (Å²) in [5.41, 5.74) is 2.09. The highest BCUT2D eigenvalue weighted by molar-refractivity contribution is 9.10. The monoisotopic (exact) mass is 268 g/mol. The number of hydrogen-bond donors (Lipinski definition) is 0. The summed E-state index contributed by atoms with van der Waals surface area (Å²) in [5.74, 6) is -0.385. The van der Waals surface area contributed by atoms with Crippen molar-refractivity contribution < 1.29 is 9.53 Å². The predicted octanol–water partition coefficient (Wildman–Crippen LogP) is 2.19. The van der Waals surface area contributed by atoms with E-state index in [1.165, 1.54) is 13.3 Å². The first kappa shape index (κ1) is 10.2. The minimum atomic E-state index is -0.385. The highest BCUT2D eigenvalue weighted by atomic mass is 79.9. The van der Waals surface area contributed by atoms with E-state index < -0.39 is 0 Å². The molecule has 2 heterocycles. The van der Waals surface area contributed by atoms with Gasteiger partial charge in [-0.2, -0.15) is 0 Å². The van der Waals surface area contributed by atoms with Crippen LogP contribution in [0.4, 0.5) is 0 Å². The van der Waals surface area contributed by atoms with Crippen molar-refractivity contribution >= 4 is 27.5 Å². The standard InChI is InChI=1S/C10H9BrN2O2/c1-6-7(11)3-4-9-12-5-8(13(6)9)10(14)15-2/h3-5H,1-2H3. The van der Waals surface area contributed by atoms with Gasteiger partial charge in [-0.25, -0.2) is 9.78 Å². The second kappa shape index (κ2) is 3.66. The molecule has 0 fully saturated rings. The van der Waals surface area contributed by atoms with Gasteiger partial charge in [0.25, 0.3) is 0 Å². The normalized spacial score (nSPS) is 10.6. The number of nitrogens with zero attached hydrogens (tertiary/aromatic N) is 2. The number of carbonyl (C=O) groups is 1. The number of aryl methyl sites for hydroxylation is 1. The molecule has 0 unspecified atom stereocenters. The zero-order valence-corrected chi connectivity index (χ0v) is 9.91. The SMILES string of the molecule is COC(=O)c1cnc2ccc(Br)c(C)n12. The molecule has 0 bridgehead atoms. The summed E-state index contributed by atoms with van der Waals surface area (Å²) in [4.78, 5) is 15.6. The molecule has 0 spiro atoms. The Kier molecular flexibility index (Phi) is 2.48. The fourth-order valence-electron chi connectivity index (χ4n) is 1.46. The third-order valence-corrected chi connectivity index (χ3v) is 3.08. The number of imidazole rings is 1. The van der Waals surface area contributed by atoms with E-state index >= 15 is 0 Å². The number of rotatable bonds is 1. The van der Waals surface area contributed by atoms with Gasteiger partial charge in [0, 0.05) is 10.2 Å². The number of ether oxygens (including phenoxy) is 1. The first-order chi connectivity index (χ1) is 7.15. The van der Waals surface area contributed by atoms with Gasteiger partial charge >= 0.3 is 5.97 Å². The molecule has 2 rings (SSSR count). The Morgan fingerprint density at radius 2 is 2.27 bits per heavy atom. The minimum Gasteiger partial charge on any atom is -0.464 e. The van der Waals surface area contributed by atoms with Crippen molar-refractivity contribution in [3.05, 3.63) is 34.2 Å². The Bertz CT molecular complexity index is 533. The zero-order valence-electron chi connectivity index (χ0n) is 8.32. The van der Waals surface area contributed by atoms with Gasteiger partial charge in [-0.15, -0.1) is 0 Å².